The molecule has 1 atom stereocenters. The van der Waals surface area contributed by atoms with Crippen LogP contribution in [0.1, 0.15) is 6.42 Å². The third-order valence-corrected chi connectivity index (χ3v) is 5.33. The van der Waals surface area contributed by atoms with Crippen molar-refractivity contribution in [3.05, 3.63) is 12.3 Å². The molecule has 2 heterocycles. The van der Waals surface area contributed by atoms with Crippen LogP contribution in [0.5, 0.6) is 0 Å². The number of sulfone groups is 1. The Morgan fingerprint density at radius 3 is 2.76 bits per heavy atom. The summed E-state index contributed by atoms with van der Waals surface area (Å²) < 4.78 is 23.1. The van der Waals surface area contributed by atoms with E-state index in [9.17, 15) is 8.42 Å². The third kappa shape index (κ3) is 4.53. The molecule has 1 aromatic rings. The number of likely N-dealkylation sites (N-methyl/N-ethyl adjacent to an activating group) is 1. The first-order valence-corrected chi connectivity index (χ1v) is 8.84. The Labute approximate surface area is 126 Å². The van der Waals surface area contributed by atoms with Crippen molar-refractivity contribution < 1.29 is 8.42 Å². The first kappa shape index (κ1) is 16.0. The SMILES string of the molecule is CN(C)CCNc1ccnc(N(C)C2CCS(=O)(=O)C2)n1. The average molecular weight is 313 g/mol. The van der Waals surface area contributed by atoms with Gasteiger partial charge in [0.2, 0.25) is 5.95 Å². The molecule has 1 fully saturated rings. The molecule has 0 spiro atoms. The molecule has 0 amide bonds. The largest absolute Gasteiger partial charge is 0.369 e. The van der Waals surface area contributed by atoms with Gasteiger partial charge in [-0.25, -0.2) is 13.4 Å². The van der Waals surface area contributed by atoms with Crippen LogP contribution in [-0.2, 0) is 9.84 Å². The zero-order valence-corrected chi connectivity index (χ0v) is 13.6. The summed E-state index contributed by atoms with van der Waals surface area (Å²) in [6, 6.07) is 1.78. The Morgan fingerprint density at radius 1 is 1.38 bits per heavy atom. The lowest BCUT2D eigenvalue weighted by molar-refractivity contribution is 0.425. The van der Waals surface area contributed by atoms with Gasteiger partial charge in [0.25, 0.3) is 0 Å². The summed E-state index contributed by atoms with van der Waals surface area (Å²) >= 11 is 0. The fourth-order valence-corrected chi connectivity index (χ4v) is 4.04. The molecule has 0 aliphatic carbocycles. The van der Waals surface area contributed by atoms with Crippen LogP contribution in [0.3, 0.4) is 0 Å². The van der Waals surface area contributed by atoms with Gasteiger partial charge in [-0.2, -0.15) is 4.98 Å². The lowest BCUT2D eigenvalue weighted by atomic mass is 10.2. The van der Waals surface area contributed by atoms with Crippen molar-refractivity contribution in [3.8, 4) is 0 Å². The number of nitrogens with one attached hydrogen (secondary N) is 1. The summed E-state index contributed by atoms with van der Waals surface area (Å²) in [5.74, 6) is 1.76. The standard InChI is InChI=1S/C13H23N5O2S/c1-17(2)8-7-14-12-4-6-15-13(16-12)18(3)11-5-9-21(19,20)10-11/h4,6,11H,5,7-10H2,1-3H3,(H,14,15,16). The number of hydrogen-bond acceptors (Lipinski definition) is 7. The van der Waals surface area contributed by atoms with E-state index < -0.39 is 9.84 Å². The number of nitrogens with zero attached hydrogens (tertiary/aromatic N) is 4. The molecule has 1 unspecified atom stereocenters. The molecule has 1 saturated heterocycles. The second-order valence-electron chi connectivity index (χ2n) is 5.64. The molecule has 1 aliphatic heterocycles. The van der Waals surface area contributed by atoms with Gasteiger partial charge in [-0.1, -0.05) is 0 Å². The maximum Gasteiger partial charge on any atom is 0.227 e. The highest BCUT2D eigenvalue weighted by molar-refractivity contribution is 7.91. The third-order valence-electron chi connectivity index (χ3n) is 3.58. The predicted octanol–water partition coefficient (Wildman–Crippen LogP) is 0.0734. The second-order valence-corrected chi connectivity index (χ2v) is 7.87. The van der Waals surface area contributed by atoms with Crippen LogP contribution in [0.15, 0.2) is 12.3 Å². The molecule has 0 bridgehead atoms. The molecule has 0 saturated carbocycles. The Kier molecular flexibility index (Phi) is 5.00. The molecule has 1 aliphatic rings. The van der Waals surface area contributed by atoms with Gasteiger partial charge in [-0.3, -0.25) is 0 Å². The smallest absolute Gasteiger partial charge is 0.227 e. The Morgan fingerprint density at radius 2 is 2.14 bits per heavy atom. The molecule has 1 aromatic heterocycles. The fourth-order valence-electron chi connectivity index (χ4n) is 2.27. The molecular formula is C13H23N5O2S. The summed E-state index contributed by atoms with van der Waals surface area (Å²) in [7, 11) is 2.98. The van der Waals surface area contributed by atoms with E-state index in [0.29, 0.717) is 12.4 Å². The normalized spacial score (nSPS) is 20.7. The van der Waals surface area contributed by atoms with Crippen LogP contribution in [0.4, 0.5) is 11.8 Å². The minimum Gasteiger partial charge on any atom is -0.369 e. The quantitative estimate of drug-likeness (QED) is 0.796. The van der Waals surface area contributed by atoms with E-state index in [-0.39, 0.29) is 17.5 Å². The summed E-state index contributed by atoms with van der Waals surface area (Å²) in [6.45, 7) is 1.71. The van der Waals surface area contributed by atoms with Crippen molar-refractivity contribution in [1.29, 1.82) is 0 Å². The van der Waals surface area contributed by atoms with Crippen LogP contribution in [-0.4, -0.2) is 75.1 Å². The van der Waals surface area contributed by atoms with Crippen molar-refractivity contribution in [2.75, 3.05) is 56.0 Å². The highest BCUT2D eigenvalue weighted by Crippen LogP contribution is 2.20. The van der Waals surface area contributed by atoms with E-state index in [1.54, 1.807) is 6.20 Å². The van der Waals surface area contributed by atoms with E-state index in [1.807, 2.05) is 32.1 Å². The van der Waals surface area contributed by atoms with Gasteiger partial charge in [-0.05, 0) is 26.6 Å². The van der Waals surface area contributed by atoms with Crippen LogP contribution in [0.2, 0.25) is 0 Å². The zero-order valence-electron chi connectivity index (χ0n) is 12.8. The van der Waals surface area contributed by atoms with E-state index in [4.69, 9.17) is 0 Å². The molecule has 7 nitrogen and oxygen atoms in total. The van der Waals surface area contributed by atoms with Crippen LogP contribution in [0.25, 0.3) is 0 Å². The fraction of sp³-hybridized carbons (Fsp3) is 0.692. The van der Waals surface area contributed by atoms with Crippen molar-refractivity contribution in [2.24, 2.45) is 0 Å². The second kappa shape index (κ2) is 6.57. The highest BCUT2D eigenvalue weighted by atomic mass is 32.2. The topological polar surface area (TPSA) is 78.4 Å². The maximum absolute atomic E-state index is 11.6. The molecule has 2 rings (SSSR count). The summed E-state index contributed by atoms with van der Waals surface area (Å²) in [5.41, 5.74) is 0. The van der Waals surface area contributed by atoms with E-state index in [0.717, 1.165) is 18.9 Å². The van der Waals surface area contributed by atoms with Crippen LogP contribution in [0, 0.1) is 0 Å². The van der Waals surface area contributed by atoms with E-state index in [2.05, 4.69) is 20.2 Å². The molecule has 118 valence electrons. The Bertz CT molecular complexity index is 576. The molecular weight excluding hydrogens is 290 g/mol. The monoisotopic (exact) mass is 313 g/mol. The zero-order chi connectivity index (χ0) is 15.5. The summed E-state index contributed by atoms with van der Waals surface area (Å²) in [4.78, 5) is 12.6. The number of aromatic nitrogens is 2. The van der Waals surface area contributed by atoms with Gasteiger partial charge < -0.3 is 15.1 Å². The van der Waals surface area contributed by atoms with E-state index in [1.165, 1.54) is 0 Å². The molecule has 0 aromatic carbocycles. The van der Waals surface area contributed by atoms with E-state index >= 15 is 0 Å². The molecule has 1 N–H and O–H groups in total. The van der Waals surface area contributed by atoms with Crippen LogP contribution < -0.4 is 10.2 Å². The van der Waals surface area contributed by atoms with Gasteiger partial charge in [0.05, 0.1) is 11.5 Å². The number of hydrogen-bond donors (Lipinski definition) is 1. The molecule has 8 heteroatoms. The van der Waals surface area contributed by atoms with Crippen molar-refractivity contribution >= 4 is 21.6 Å². The van der Waals surface area contributed by atoms with Gasteiger partial charge in [0.15, 0.2) is 9.84 Å². The molecule has 21 heavy (non-hydrogen) atoms. The van der Waals surface area contributed by atoms with Crippen molar-refractivity contribution in [1.82, 2.24) is 14.9 Å². The van der Waals surface area contributed by atoms with Crippen molar-refractivity contribution in [2.45, 2.75) is 12.5 Å². The highest BCUT2D eigenvalue weighted by Gasteiger charge is 2.31. The minimum absolute atomic E-state index is 0.0352. The number of anilines is 2. The lowest BCUT2D eigenvalue weighted by Gasteiger charge is -2.23. The van der Waals surface area contributed by atoms with Crippen LogP contribution >= 0.6 is 0 Å². The first-order valence-electron chi connectivity index (χ1n) is 7.02. The summed E-state index contributed by atoms with van der Waals surface area (Å²) in [5, 5.41) is 3.24. The van der Waals surface area contributed by atoms with Gasteiger partial charge in [-0.15, -0.1) is 0 Å². The van der Waals surface area contributed by atoms with Gasteiger partial charge >= 0.3 is 0 Å². The van der Waals surface area contributed by atoms with Gasteiger partial charge in [0.1, 0.15) is 5.82 Å². The van der Waals surface area contributed by atoms with Crippen molar-refractivity contribution in [3.63, 3.8) is 0 Å². The average Bonchev–Trinajstić information content (AvgIpc) is 2.78. The number of rotatable bonds is 6. The lowest BCUT2D eigenvalue weighted by Crippen LogP contribution is -2.34. The van der Waals surface area contributed by atoms with Gasteiger partial charge in [0, 0.05) is 32.4 Å². The maximum atomic E-state index is 11.6. The Balaban J connectivity index is 2.00. The Hall–Kier alpha value is -1.41. The minimum atomic E-state index is -2.90. The summed E-state index contributed by atoms with van der Waals surface area (Å²) in [6.07, 6.45) is 2.33. The predicted molar refractivity (Wildman–Crippen MR) is 84.5 cm³/mol. The molecule has 0 radical (unpaired) electrons. The first-order chi connectivity index (χ1) is 9.87.